The highest BCUT2D eigenvalue weighted by Gasteiger charge is 2.19. The number of esters is 1. The molecule has 0 aliphatic rings. The summed E-state index contributed by atoms with van der Waals surface area (Å²) in [7, 11) is -3.27. The zero-order valence-electron chi connectivity index (χ0n) is 14.8. The Morgan fingerprint density at radius 1 is 1.29 bits per heavy atom. The molecule has 0 aliphatic heterocycles. The molecule has 0 fully saturated rings. The highest BCUT2D eigenvalue weighted by molar-refractivity contribution is 7.88. The van der Waals surface area contributed by atoms with Crippen LogP contribution in [0.2, 0.25) is 0 Å². The molecular formula is C15H28N2O6S. The average Bonchev–Trinajstić information content (AvgIpc) is 2.48. The summed E-state index contributed by atoms with van der Waals surface area (Å²) in [5.41, 5.74) is 0. The zero-order chi connectivity index (χ0) is 18.8. The molecule has 140 valence electrons. The van der Waals surface area contributed by atoms with Crippen LogP contribution in [-0.4, -0.2) is 69.3 Å². The number of amides is 1. The summed E-state index contributed by atoms with van der Waals surface area (Å²) >= 11 is 0. The van der Waals surface area contributed by atoms with Crippen LogP contribution >= 0.6 is 0 Å². The van der Waals surface area contributed by atoms with Gasteiger partial charge in [-0.25, -0.2) is 13.2 Å². The highest BCUT2D eigenvalue weighted by Crippen LogP contribution is 2.05. The van der Waals surface area contributed by atoms with Gasteiger partial charge in [0.25, 0.3) is 5.91 Å². The lowest BCUT2D eigenvalue weighted by molar-refractivity contribution is -0.158. The molecule has 8 nitrogen and oxygen atoms in total. The van der Waals surface area contributed by atoms with Crippen LogP contribution in [0.5, 0.6) is 0 Å². The first kappa shape index (κ1) is 22.6. The van der Waals surface area contributed by atoms with Crippen molar-refractivity contribution in [2.75, 3.05) is 32.6 Å². The second kappa shape index (κ2) is 11.2. The van der Waals surface area contributed by atoms with Gasteiger partial charge in [0.1, 0.15) is 0 Å². The predicted octanol–water partition coefficient (Wildman–Crippen LogP) is 0.297. The average molecular weight is 364 g/mol. The number of sulfonamides is 1. The smallest absolute Gasteiger partial charge is 0.335 e. The fourth-order valence-electron chi connectivity index (χ4n) is 1.86. The van der Waals surface area contributed by atoms with E-state index in [4.69, 9.17) is 9.47 Å². The molecule has 0 radical (unpaired) electrons. The Balaban J connectivity index is 4.02. The molecule has 0 bridgehead atoms. The van der Waals surface area contributed by atoms with Crippen molar-refractivity contribution >= 4 is 21.9 Å². The third kappa shape index (κ3) is 9.64. The first-order chi connectivity index (χ1) is 11.1. The van der Waals surface area contributed by atoms with E-state index < -0.39 is 34.6 Å². The fourth-order valence-corrected chi connectivity index (χ4v) is 3.08. The van der Waals surface area contributed by atoms with Crippen LogP contribution in [0.3, 0.4) is 0 Å². The van der Waals surface area contributed by atoms with Crippen LogP contribution in [-0.2, 0) is 29.1 Å². The summed E-state index contributed by atoms with van der Waals surface area (Å²) < 4.78 is 34.4. The molecule has 0 aliphatic carbocycles. The Labute approximate surface area is 144 Å². The number of nitrogens with one attached hydrogen (secondary N) is 1. The van der Waals surface area contributed by atoms with Gasteiger partial charge < -0.3 is 14.8 Å². The Kier molecular flexibility index (Phi) is 10.5. The van der Waals surface area contributed by atoms with Gasteiger partial charge in [-0.15, -0.1) is 6.58 Å². The zero-order valence-corrected chi connectivity index (χ0v) is 15.6. The molecule has 24 heavy (non-hydrogen) atoms. The molecule has 1 N–H and O–H groups in total. The lowest BCUT2D eigenvalue weighted by Gasteiger charge is -2.23. The first-order valence-electron chi connectivity index (χ1n) is 7.72. The Morgan fingerprint density at radius 2 is 1.92 bits per heavy atom. The van der Waals surface area contributed by atoms with E-state index >= 15 is 0 Å². The second-order valence-electron chi connectivity index (χ2n) is 5.54. The van der Waals surface area contributed by atoms with E-state index in [1.165, 1.54) is 17.3 Å². The number of carbonyl (C=O) groups is 2. The number of nitrogens with zero attached hydrogens (tertiary/aromatic N) is 1. The van der Waals surface area contributed by atoms with Crippen molar-refractivity contribution in [1.29, 1.82) is 0 Å². The van der Waals surface area contributed by atoms with Crippen LogP contribution < -0.4 is 5.32 Å². The number of rotatable bonds is 12. The third-order valence-electron chi connectivity index (χ3n) is 3.02. The topological polar surface area (TPSA) is 102 Å². The molecule has 1 amide bonds. The van der Waals surface area contributed by atoms with E-state index in [9.17, 15) is 18.0 Å². The standard InChI is InChI=1S/C15H28N2O6S/c1-6-10-22-13(4)15(19)23-11-14(18)16-8-7-9-17(12(2)3)24(5,20)21/h6,12-13H,1,7-11H2,2-5H3,(H,16,18). The van der Waals surface area contributed by atoms with Gasteiger partial charge in [-0.3, -0.25) is 4.79 Å². The van der Waals surface area contributed by atoms with Crippen molar-refractivity contribution in [3.63, 3.8) is 0 Å². The van der Waals surface area contributed by atoms with Crippen molar-refractivity contribution < 1.29 is 27.5 Å². The van der Waals surface area contributed by atoms with Crippen LogP contribution in [0.4, 0.5) is 0 Å². The Morgan fingerprint density at radius 3 is 2.42 bits per heavy atom. The molecule has 1 unspecified atom stereocenters. The van der Waals surface area contributed by atoms with Crippen molar-refractivity contribution in [3.05, 3.63) is 12.7 Å². The third-order valence-corrected chi connectivity index (χ3v) is 4.48. The number of hydrogen-bond donors (Lipinski definition) is 1. The predicted molar refractivity (Wildman–Crippen MR) is 90.9 cm³/mol. The minimum absolute atomic E-state index is 0.145. The van der Waals surface area contributed by atoms with Crippen molar-refractivity contribution in [2.24, 2.45) is 0 Å². The van der Waals surface area contributed by atoms with E-state index in [0.29, 0.717) is 13.0 Å². The van der Waals surface area contributed by atoms with Gasteiger partial charge in [-0.2, -0.15) is 4.31 Å². The Bertz CT molecular complexity index is 518. The van der Waals surface area contributed by atoms with E-state index in [1.807, 2.05) is 0 Å². The molecule has 0 spiro atoms. The molecule has 0 heterocycles. The largest absolute Gasteiger partial charge is 0.454 e. The molecule has 9 heteroatoms. The molecule has 1 atom stereocenters. The van der Waals surface area contributed by atoms with Crippen LogP contribution in [0.15, 0.2) is 12.7 Å². The second-order valence-corrected chi connectivity index (χ2v) is 7.48. The quantitative estimate of drug-likeness (QED) is 0.303. The summed E-state index contributed by atoms with van der Waals surface area (Å²) in [6.45, 7) is 8.97. The molecule has 0 saturated carbocycles. The van der Waals surface area contributed by atoms with E-state index in [1.54, 1.807) is 13.8 Å². The summed E-state index contributed by atoms with van der Waals surface area (Å²) in [5, 5.41) is 2.57. The van der Waals surface area contributed by atoms with Gasteiger partial charge in [0, 0.05) is 19.1 Å². The van der Waals surface area contributed by atoms with Crippen LogP contribution in [0.1, 0.15) is 27.2 Å². The minimum Gasteiger partial charge on any atom is -0.454 e. The van der Waals surface area contributed by atoms with E-state index in [2.05, 4.69) is 11.9 Å². The van der Waals surface area contributed by atoms with Crippen LogP contribution in [0.25, 0.3) is 0 Å². The monoisotopic (exact) mass is 364 g/mol. The van der Waals surface area contributed by atoms with E-state index in [0.717, 1.165) is 6.26 Å². The maximum atomic E-state index is 11.6. The highest BCUT2D eigenvalue weighted by atomic mass is 32.2. The van der Waals surface area contributed by atoms with Crippen LogP contribution in [0, 0.1) is 0 Å². The van der Waals surface area contributed by atoms with E-state index in [-0.39, 0.29) is 19.2 Å². The number of carbonyl (C=O) groups excluding carboxylic acids is 2. The van der Waals surface area contributed by atoms with Crippen molar-refractivity contribution in [3.8, 4) is 0 Å². The molecule has 0 aromatic carbocycles. The first-order valence-corrected chi connectivity index (χ1v) is 9.57. The number of hydrogen-bond acceptors (Lipinski definition) is 6. The van der Waals surface area contributed by atoms with Gasteiger partial charge >= 0.3 is 5.97 Å². The molecule has 0 rings (SSSR count). The fraction of sp³-hybridized carbons (Fsp3) is 0.733. The minimum atomic E-state index is -3.27. The van der Waals surface area contributed by atoms with Gasteiger partial charge in [-0.1, -0.05) is 6.08 Å². The molecule has 0 aromatic heterocycles. The summed E-state index contributed by atoms with van der Waals surface area (Å²) in [6.07, 6.45) is 2.35. The summed E-state index contributed by atoms with van der Waals surface area (Å²) in [5.74, 6) is -1.08. The number of ether oxygens (including phenoxy) is 2. The molecular weight excluding hydrogens is 336 g/mol. The van der Waals surface area contributed by atoms with Gasteiger partial charge in [0.2, 0.25) is 10.0 Å². The lowest BCUT2D eigenvalue weighted by Crippen LogP contribution is -2.39. The van der Waals surface area contributed by atoms with Gasteiger partial charge in [0.05, 0.1) is 12.9 Å². The normalized spacial score (nSPS) is 12.9. The summed E-state index contributed by atoms with van der Waals surface area (Å²) in [4.78, 5) is 23.1. The van der Waals surface area contributed by atoms with Crippen molar-refractivity contribution in [2.45, 2.75) is 39.3 Å². The van der Waals surface area contributed by atoms with Crippen molar-refractivity contribution in [1.82, 2.24) is 9.62 Å². The maximum Gasteiger partial charge on any atom is 0.335 e. The molecule has 0 saturated heterocycles. The SMILES string of the molecule is C=CCOC(C)C(=O)OCC(=O)NCCCN(C(C)C)S(C)(=O)=O. The Hall–Kier alpha value is -1.45. The molecule has 0 aromatic rings. The maximum absolute atomic E-state index is 11.6. The van der Waals surface area contributed by atoms with Gasteiger partial charge in [-0.05, 0) is 27.2 Å². The lowest BCUT2D eigenvalue weighted by atomic mass is 10.3. The summed E-state index contributed by atoms with van der Waals surface area (Å²) in [6, 6.07) is -0.145. The van der Waals surface area contributed by atoms with Gasteiger partial charge in [0.15, 0.2) is 12.7 Å².